The van der Waals surface area contributed by atoms with Crippen molar-refractivity contribution in [1.82, 2.24) is 0 Å². The lowest BCUT2D eigenvalue weighted by Crippen LogP contribution is -2.16. The smallest absolute Gasteiger partial charge is 0.342 e. The van der Waals surface area contributed by atoms with Crippen LogP contribution in [-0.4, -0.2) is 32.3 Å². The molecule has 0 fully saturated rings. The van der Waals surface area contributed by atoms with Gasteiger partial charge >= 0.3 is 11.9 Å². The number of hydrogen-bond acceptors (Lipinski definition) is 5. The van der Waals surface area contributed by atoms with Crippen molar-refractivity contribution in [2.75, 3.05) is 20.3 Å². The first-order valence-corrected chi connectivity index (χ1v) is 6.65. The van der Waals surface area contributed by atoms with Gasteiger partial charge < -0.3 is 14.2 Å². The fraction of sp³-hybridized carbons (Fsp3) is 0.429. The molecule has 0 saturated carbocycles. The van der Waals surface area contributed by atoms with E-state index in [1.807, 2.05) is 0 Å². The predicted octanol–water partition coefficient (Wildman–Crippen LogP) is 2.71. The van der Waals surface area contributed by atoms with E-state index >= 15 is 0 Å². The van der Waals surface area contributed by atoms with Crippen molar-refractivity contribution in [3.8, 4) is 5.75 Å². The Morgan fingerprint density at radius 2 is 1.85 bits per heavy atom. The lowest BCUT2D eigenvalue weighted by Gasteiger charge is -2.15. The second-order valence-electron chi connectivity index (χ2n) is 3.76. The minimum Gasteiger partial charge on any atom is -0.496 e. The molecule has 0 heterocycles. The molecular weight excluding hydrogens is 284 g/mol. The summed E-state index contributed by atoms with van der Waals surface area (Å²) in [6.45, 7) is 3.79. The third-order valence-electron chi connectivity index (χ3n) is 2.52. The molecule has 1 aromatic carbocycles. The van der Waals surface area contributed by atoms with Crippen LogP contribution >= 0.6 is 11.6 Å². The van der Waals surface area contributed by atoms with Gasteiger partial charge in [0.1, 0.15) is 11.3 Å². The van der Waals surface area contributed by atoms with E-state index in [4.69, 9.17) is 25.8 Å². The number of carbonyl (C=O) groups is 2. The monoisotopic (exact) mass is 300 g/mol. The summed E-state index contributed by atoms with van der Waals surface area (Å²) in [6.07, 6.45) is 0. The van der Waals surface area contributed by atoms with Crippen LogP contribution in [-0.2, 0) is 14.3 Å². The third kappa shape index (κ3) is 3.63. The SMILES string of the molecule is CCOC(=O)c1c(OC)cccc1C(Cl)C(=O)OCC. The van der Waals surface area contributed by atoms with Crippen molar-refractivity contribution < 1.29 is 23.8 Å². The van der Waals surface area contributed by atoms with Gasteiger partial charge in [0.25, 0.3) is 0 Å². The van der Waals surface area contributed by atoms with Gasteiger partial charge in [-0.25, -0.2) is 4.79 Å². The van der Waals surface area contributed by atoms with Crippen LogP contribution in [0.3, 0.4) is 0 Å². The highest BCUT2D eigenvalue weighted by Crippen LogP contribution is 2.32. The van der Waals surface area contributed by atoms with E-state index in [9.17, 15) is 9.59 Å². The number of hydrogen-bond donors (Lipinski definition) is 0. The van der Waals surface area contributed by atoms with Crippen LogP contribution < -0.4 is 4.74 Å². The van der Waals surface area contributed by atoms with Gasteiger partial charge in [-0.2, -0.15) is 0 Å². The topological polar surface area (TPSA) is 61.8 Å². The lowest BCUT2D eigenvalue weighted by molar-refractivity contribution is -0.142. The molecule has 1 unspecified atom stereocenters. The van der Waals surface area contributed by atoms with E-state index in [1.165, 1.54) is 7.11 Å². The van der Waals surface area contributed by atoms with E-state index in [0.29, 0.717) is 11.3 Å². The Morgan fingerprint density at radius 1 is 1.20 bits per heavy atom. The Morgan fingerprint density at radius 3 is 2.40 bits per heavy atom. The molecule has 6 heteroatoms. The molecule has 0 aliphatic carbocycles. The highest BCUT2D eigenvalue weighted by Gasteiger charge is 2.28. The van der Waals surface area contributed by atoms with Crippen LogP contribution in [0.4, 0.5) is 0 Å². The van der Waals surface area contributed by atoms with Gasteiger partial charge in [-0.3, -0.25) is 4.79 Å². The Bertz CT molecular complexity index is 486. The van der Waals surface area contributed by atoms with Crippen LogP contribution in [0, 0.1) is 0 Å². The van der Waals surface area contributed by atoms with Gasteiger partial charge in [-0.05, 0) is 25.5 Å². The second-order valence-corrected chi connectivity index (χ2v) is 4.20. The van der Waals surface area contributed by atoms with Crippen LogP contribution in [0.2, 0.25) is 0 Å². The van der Waals surface area contributed by atoms with Crippen molar-refractivity contribution >= 4 is 23.5 Å². The lowest BCUT2D eigenvalue weighted by atomic mass is 10.0. The fourth-order valence-electron chi connectivity index (χ4n) is 1.69. The number of carbonyl (C=O) groups excluding carboxylic acids is 2. The molecule has 0 spiro atoms. The largest absolute Gasteiger partial charge is 0.496 e. The summed E-state index contributed by atoms with van der Waals surface area (Å²) in [5.74, 6) is -0.904. The average Bonchev–Trinajstić information content (AvgIpc) is 2.46. The van der Waals surface area contributed by atoms with Crippen LogP contribution in [0.5, 0.6) is 5.75 Å². The van der Waals surface area contributed by atoms with Crippen molar-refractivity contribution in [2.45, 2.75) is 19.2 Å². The molecule has 0 saturated heterocycles. The molecule has 1 atom stereocenters. The Kier molecular flexibility index (Phi) is 6.31. The average molecular weight is 301 g/mol. The summed E-state index contributed by atoms with van der Waals surface area (Å²) < 4.78 is 15.0. The minimum absolute atomic E-state index is 0.143. The Labute approximate surface area is 122 Å². The maximum absolute atomic E-state index is 12.0. The molecule has 20 heavy (non-hydrogen) atoms. The van der Waals surface area contributed by atoms with E-state index in [2.05, 4.69) is 0 Å². The van der Waals surface area contributed by atoms with Gasteiger partial charge in [0.15, 0.2) is 5.38 Å². The molecule has 0 radical (unpaired) electrons. The quantitative estimate of drug-likeness (QED) is 0.597. The first-order chi connectivity index (χ1) is 9.56. The zero-order chi connectivity index (χ0) is 15.1. The first-order valence-electron chi connectivity index (χ1n) is 6.21. The standard InChI is InChI=1S/C14H17ClO5/c1-4-19-13(16)11-9(7-6-8-10(11)18-3)12(15)14(17)20-5-2/h6-8,12H,4-5H2,1-3H3. The number of benzene rings is 1. The molecule has 1 rings (SSSR count). The molecule has 0 amide bonds. The molecular formula is C14H17ClO5. The highest BCUT2D eigenvalue weighted by atomic mass is 35.5. The van der Waals surface area contributed by atoms with Crippen LogP contribution in [0.15, 0.2) is 18.2 Å². The van der Waals surface area contributed by atoms with Gasteiger partial charge in [-0.1, -0.05) is 12.1 Å². The molecule has 1 aromatic rings. The third-order valence-corrected chi connectivity index (χ3v) is 2.94. The molecule has 0 aliphatic heterocycles. The maximum Gasteiger partial charge on any atom is 0.342 e. The number of rotatable bonds is 6. The number of alkyl halides is 1. The zero-order valence-electron chi connectivity index (χ0n) is 11.6. The Balaban J connectivity index is 3.24. The van der Waals surface area contributed by atoms with Gasteiger partial charge in [0.2, 0.25) is 0 Å². The number of halogens is 1. The number of esters is 2. The molecule has 0 N–H and O–H groups in total. The molecule has 0 aromatic heterocycles. The Hall–Kier alpha value is -1.75. The van der Waals surface area contributed by atoms with Crippen LogP contribution in [0.25, 0.3) is 0 Å². The molecule has 0 bridgehead atoms. The van der Waals surface area contributed by atoms with Gasteiger partial charge in [-0.15, -0.1) is 11.6 Å². The fourth-order valence-corrected chi connectivity index (χ4v) is 1.94. The molecule has 0 aliphatic rings. The van der Waals surface area contributed by atoms with Crippen molar-refractivity contribution in [3.63, 3.8) is 0 Å². The zero-order valence-corrected chi connectivity index (χ0v) is 12.4. The van der Waals surface area contributed by atoms with Crippen molar-refractivity contribution in [1.29, 1.82) is 0 Å². The minimum atomic E-state index is -1.09. The van der Waals surface area contributed by atoms with E-state index in [0.717, 1.165) is 0 Å². The van der Waals surface area contributed by atoms with Crippen LogP contribution in [0.1, 0.15) is 35.1 Å². The van der Waals surface area contributed by atoms with Gasteiger partial charge in [0.05, 0.1) is 20.3 Å². The molecule has 110 valence electrons. The normalized spacial score (nSPS) is 11.6. The highest BCUT2D eigenvalue weighted by molar-refractivity contribution is 6.30. The summed E-state index contributed by atoms with van der Waals surface area (Å²) >= 11 is 6.08. The summed E-state index contributed by atoms with van der Waals surface area (Å²) in [7, 11) is 1.43. The summed E-state index contributed by atoms with van der Waals surface area (Å²) in [4.78, 5) is 23.7. The van der Waals surface area contributed by atoms with E-state index in [1.54, 1.807) is 32.0 Å². The summed E-state index contributed by atoms with van der Waals surface area (Å²) in [5, 5.41) is -1.09. The first kappa shape index (κ1) is 16.3. The van der Waals surface area contributed by atoms with Crippen molar-refractivity contribution in [2.24, 2.45) is 0 Å². The second kappa shape index (κ2) is 7.75. The van der Waals surface area contributed by atoms with Gasteiger partial charge in [0, 0.05) is 0 Å². The van der Waals surface area contributed by atoms with E-state index < -0.39 is 17.3 Å². The van der Waals surface area contributed by atoms with Crippen molar-refractivity contribution in [3.05, 3.63) is 29.3 Å². The number of methoxy groups -OCH3 is 1. The van der Waals surface area contributed by atoms with E-state index in [-0.39, 0.29) is 18.8 Å². The summed E-state index contributed by atoms with van der Waals surface area (Å²) in [5.41, 5.74) is 0.452. The predicted molar refractivity (Wildman–Crippen MR) is 74.2 cm³/mol. The maximum atomic E-state index is 12.0. The number of ether oxygens (including phenoxy) is 3. The summed E-state index contributed by atoms with van der Waals surface area (Å²) in [6, 6.07) is 4.82. The molecule has 5 nitrogen and oxygen atoms in total.